The molecule has 0 bridgehead atoms. The van der Waals surface area contributed by atoms with Gasteiger partial charge in [-0.2, -0.15) is 9.50 Å². The Bertz CT molecular complexity index is 1520. The third-order valence-electron chi connectivity index (χ3n) is 5.37. The van der Waals surface area contributed by atoms with Gasteiger partial charge < -0.3 is 5.32 Å². The second-order valence-corrected chi connectivity index (χ2v) is 9.17. The van der Waals surface area contributed by atoms with Crippen LogP contribution in [0.1, 0.15) is 21.6 Å². The predicted octanol–water partition coefficient (Wildman–Crippen LogP) is 6.47. The zero-order chi connectivity index (χ0) is 23.7. The van der Waals surface area contributed by atoms with Crippen LogP contribution in [0, 0.1) is 13.8 Å². The number of carbonyl (C=O) groups is 1. The van der Waals surface area contributed by atoms with Gasteiger partial charge in [0.25, 0.3) is 11.7 Å². The summed E-state index contributed by atoms with van der Waals surface area (Å²) in [7, 11) is 0. The van der Waals surface area contributed by atoms with E-state index in [1.807, 2.05) is 68.4 Å². The number of fused-ring (bicyclic) bond motifs is 1. The molecule has 0 atom stereocenters. The first-order chi connectivity index (χ1) is 16.5. The molecule has 5 rings (SSSR count). The van der Waals surface area contributed by atoms with Gasteiger partial charge in [-0.15, -0.1) is 5.10 Å². The predicted molar refractivity (Wildman–Crippen MR) is 136 cm³/mol. The van der Waals surface area contributed by atoms with Gasteiger partial charge in [0.1, 0.15) is 5.03 Å². The molecule has 0 unspecified atom stereocenters. The van der Waals surface area contributed by atoms with Gasteiger partial charge in [-0.1, -0.05) is 71.9 Å². The Morgan fingerprint density at radius 1 is 0.941 bits per heavy atom. The number of amides is 1. The summed E-state index contributed by atoms with van der Waals surface area (Å²) in [4.78, 5) is 23.0. The van der Waals surface area contributed by atoms with Crippen molar-refractivity contribution in [2.45, 2.75) is 23.8 Å². The molecule has 0 aliphatic heterocycles. The van der Waals surface area contributed by atoms with Crippen LogP contribution in [-0.4, -0.2) is 25.5 Å². The fraction of sp³-hybridized carbons (Fsp3) is 0.0769. The van der Waals surface area contributed by atoms with Gasteiger partial charge in [0, 0.05) is 32.3 Å². The van der Waals surface area contributed by atoms with Crippen LogP contribution in [0.2, 0.25) is 5.02 Å². The highest BCUT2D eigenvalue weighted by molar-refractivity contribution is 7.99. The Balaban J connectivity index is 1.53. The van der Waals surface area contributed by atoms with Crippen LogP contribution in [0.4, 0.5) is 5.69 Å². The highest BCUT2D eigenvalue weighted by Gasteiger charge is 2.18. The highest BCUT2D eigenvalue weighted by atomic mass is 35.5. The lowest BCUT2D eigenvalue weighted by molar-refractivity contribution is 0.102. The van der Waals surface area contributed by atoms with Crippen LogP contribution < -0.4 is 5.32 Å². The Morgan fingerprint density at radius 2 is 1.71 bits per heavy atom. The average Bonchev–Trinajstić information content (AvgIpc) is 3.27. The van der Waals surface area contributed by atoms with Crippen molar-refractivity contribution in [3.63, 3.8) is 0 Å². The lowest BCUT2D eigenvalue weighted by Gasteiger charge is -2.13. The summed E-state index contributed by atoms with van der Waals surface area (Å²) in [6.45, 7) is 3.98. The number of nitrogens with zero attached hydrogens (tertiary/aromatic N) is 4. The van der Waals surface area contributed by atoms with Crippen LogP contribution in [-0.2, 0) is 0 Å². The van der Waals surface area contributed by atoms with Gasteiger partial charge in [-0.25, -0.2) is 4.98 Å². The molecule has 3 aromatic carbocycles. The van der Waals surface area contributed by atoms with Crippen molar-refractivity contribution in [3.8, 4) is 11.4 Å². The summed E-state index contributed by atoms with van der Waals surface area (Å²) in [5.41, 5.74) is 3.99. The molecule has 34 heavy (non-hydrogen) atoms. The Kier molecular flexibility index (Phi) is 6.04. The minimum atomic E-state index is -0.226. The van der Waals surface area contributed by atoms with E-state index in [9.17, 15) is 4.79 Å². The number of benzene rings is 3. The molecule has 0 spiro atoms. The fourth-order valence-corrected chi connectivity index (χ4v) is 4.76. The van der Waals surface area contributed by atoms with E-state index in [2.05, 4.69) is 15.3 Å². The monoisotopic (exact) mass is 485 g/mol. The molecule has 0 saturated heterocycles. The minimum absolute atomic E-state index is 0.226. The second kappa shape index (κ2) is 9.29. The van der Waals surface area contributed by atoms with Crippen molar-refractivity contribution in [2.24, 2.45) is 0 Å². The van der Waals surface area contributed by atoms with Crippen molar-refractivity contribution in [1.82, 2.24) is 19.6 Å². The van der Waals surface area contributed by atoms with Gasteiger partial charge in [-0.05, 0) is 44.2 Å². The molecule has 2 heterocycles. The van der Waals surface area contributed by atoms with Gasteiger partial charge in [0.2, 0.25) is 0 Å². The highest BCUT2D eigenvalue weighted by Crippen LogP contribution is 2.36. The van der Waals surface area contributed by atoms with Crippen LogP contribution >= 0.6 is 23.4 Å². The Morgan fingerprint density at radius 3 is 2.50 bits per heavy atom. The molecule has 8 heteroatoms. The number of hydrogen-bond acceptors (Lipinski definition) is 5. The minimum Gasteiger partial charge on any atom is -0.321 e. The smallest absolute Gasteiger partial charge is 0.255 e. The number of halogens is 1. The third kappa shape index (κ3) is 4.40. The summed E-state index contributed by atoms with van der Waals surface area (Å²) < 4.78 is 1.77. The summed E-state index contributed by atoms with van der Waals surface area (Å²) in [5.74, 6) is 0.919. The number of para-hydroxylation sites is 1. The summed E-state index contributed by atoms with van der Waals surface area (Å²) in [6.07, 6.45) is 0. The fourth-order valence-electron chi connectivity index (χ4n) is 3.48. The van der Waals surface area contributed by atoms with E-state index in [0.717, 1.165) is 26.7 Å². The maximum atomic E-state index is 12.8. The molecule has 0 radical (unpaired) electrons. The Hall–Kier alpha value is -3.68. The van der Waals surface area contributed by atoms with Crippen LogP contribution in [0.5, 0.6) is 0 Å². The standard InChI is InChI=1S/C26H20ClN5OS/c1-16-17(2)28-26-30-23(18-9-4-3-5-10-18)31-32(26)25(16)34-22-14-7-6-13-21(22)29-24(33)19-11-8-12-20(27)15-19/h3-15H,1-2H3,(H,29,33). The normalized spacial score (nSPS) is 11.0. The van der Waals surface area contributed by atoms with Gasteiger partial charge in [-0.3, -0.25) is 4.79 Å². The quantitative estimate of drug-likeness (QED) is 0.289. The summed E-state index contributed by atoms with van der Waals surface area (Å²) in [6, 6.07) is 24.4. The van der Waals surface area contributed by atoms with Crippen molar-refractivity contribution in [1.29, 1.82) is 0 Å². The van der Waals surface area contributed by atoms with Gasteiger partial charge in [0.05, 0.1) is 5.69 Å². The van der Waals surface area contributed by atoms with Crippen molar-refractivity contribution >= 4 is 40.7 Å². The van der Waals surface area contributed by atoms with Gasteiger partial charge >= 0.3 is 0 Å². The first-order valence-electron chi connectivity index (χ1n) is 10.6. The molecule has 5 aromatic rings. The number of nitrogens with one attached hydrogen (secondary N) is 1. The average molecular weight is 486 g/mol. The zero-order valence-corrected chi connectivity index (χ0v) is 20.1. The van der Waals surface area contributed by atoms with Crippen LogP contribution in [0.15, 0.2) is 88.8 Å². The molecule has 2 aromatic heterocycles. The van der Waals surface area contributed by atoms with Crippen LogP contribution in [0.25, 0.3) is 17.2 Å². The number of aryl methyl sites for hydroxylation is 1. The SMILES string of the molecule is Cc1nc2nc(-c3ccccc3)nn2c(Sc2ccccc2NC(=O)c2cccc(Cl)c2)c1C. The second-order valence-electron chi connectivity index (χ2n) is 7.70. The summed E-state index contributed by atoms with van der Waals surface area (Å²) >= 11 is 7.57. The molecule has 0 fully saturated rings. The van der Waals surface area contributed by atoms with Crippen molar-refractivity contribution in [3.05, 3.63) is 101 Å². The molecular formula is C26H20ClN5OS. The third-order valence-corrected chi connectivity index (χ3v) is 6.86. The molecule has 0 saturated carbocycles. The van der Waals surface area contributed by atoms with Crippen LogP contribution in [0.3, 0.4) is 0 Å². The van der Waals surface area contributed by atoms with E-state index in [4.69, 9.17) is 16.7 Å². The van der Waals surface area contributed by atoms with E-state index in [1.54, 1.807) is 28.8 Å². The topological polar surface area (TPSA) is 72.2 Å². The molecule has 6 nitrogen and oxygen atoms in total. The first-order valence-corrected chi connectivity index (χ1v) is 11.8. The van der Waals surface area contributed by atoms with E-state index >= 15 is 0 Å². The van der Waals surface area contributed by atoms with Crippen molar-refractivity contribution in [2.75, 3.05) is 5.32 Å². The zero-order valence-electron chi connectivity index (χ0n) is 18.5. The van der Waals surface area contributed by atoms with E-state index < -0.39 is 0 Å². The molecule has 0 aliphatic carbocycles. The molecule has 1 amide bonds. The number of anilines is 1. The first kappa shape index (κ1) is 22.1. The molecular weight excluding hydrogens is 466 g/mol. The number of carbonyl (C=O) groups excluding carboxylic acids is 1. The largest absolute Gasteiger partial charge is 0.321 e. The lowest BCUT2D eigenvalue weighted by Crippen LogP contribution is -2.12. The number of aromatic nitrogens is 4. The maximum Gasteiger partial charge on any atom is 0.255 e. The van der Waals surface area contributed by atoms with E-state index in [-0.39, 0.29) is 5.91 Å². The van der Waals surface area contributed by atoms with E-state index in [1.165, 1.54) is 11.8 Å². The van der Waals surface area contributed by atoms with Gasteiger partial charge in [0.15, 0.2) is 5.82 Å². The number of hydrogen-bond donors (Lipinski definition) is 1. The van der Waals surface area contributed by atoms with Crippen molar-refractivity contribution < 1.29 is 4.79 Å². The number of rotatable bonds is 5. The molecule has 1 N–H and O–H groups in total. The summed E-state index contributed by atoms with van der Waals surface area (Å²) in [5, 5.41) is 9.16. The van der Waals surface area contributed by atoms with E-state index in [0.29, 0.717) is 27.9 Å². The lowest BCUT2D eigenvalue weighted by atomic mass is 10.2. The molecule has 168 valence electrons. The molecule has 0 aliphatic rings. The Labute approximate surface area is 206 Å². The maximum absolute atomic E-state index is 12.8.